The van der Waals surface area contributed by atoms with Crippen molar-refractivity contribution in [2.75, 3.05) is 20.1 Å². The molecule has 2 N–H and O–H groups in total. The van der Waals surface area contributed by atoms with E-state index in [1.165, 1.54) is 0 Å². The second kappa shape index (κ2) is 7.33. The Kier molecular flexibility index (Phi) is 5.77. The molecule has 20 heavy (non-hydrogen) atoms. The molecule has 0 aliphatic carbocycles. The van der Waals surface area contributed by atoms with E-state index in [-0.39, 0.29) is 18.4 Å². The van der Waals surface area contributed by atoms with Crippen LogP contribution in [0.2, 0.25) is 0 Å². The molecule has 0 aliphatic heterocycles. The molecule has 1 aromatic carbocycles. The average Bonchev–Trinajstić information content (AvgIpc) is 2.45. The summed E-state index contributed by atoms with van der Waals surface area (Å²) in [6.45, 7) is 4.43. The molecule has 4 nitrogen and oxygen atoms in total. The van der Waals surface area contributed by atoms with Crippen molar-refractivity contribution in [3.8, 4) is 17.9 Å². The minimum absolute atomic E-state index is 0.108. The van der Waals surface area contributed by atoms with E-state index in [1.807, 2.05) is 13.0 Å². The maximum atomic E-state index is 12.3. The van der Waals surface area contributed by atoms with Gasteiger partial charge in [0.25, 0.3) is 5.91 Å². The quantitative estimate of drug-likeness (QED) is 0.846. The zero-order valence-corrected chi connectivity index (χ0v) is 12.1. The van der Waals surface area contributed by atoms with Gasteiger partial charge < -0.3 is 10.6 Å². The van der Waals surface area contributed by atoms with Gasteiger partial charge in [-0.1, -0.05) is 17.9 Å². The van der Waals surface area contributed by atoms with Gasteiger partial charge in [-0.3, -0.25) is 4.79 Å². The van der Waals surface area contributed by atoms with Gasteiger partial charge in [0.2, 0.25) is 0 Å². The lowest BCUT2D eigenvalue weighted by Crippen LogP contribution is -2.30. The van der Waals surface area contributed by atoms with E-state index < -0.39 is 0 Å². The van der Waals surface area contributed by atoms with Crippen LogP contribution < -0.4 is 5.73 Å². The van der Waals surface area contributed by atoms with Crippen LogP contribution in [0.1, 0.15) is 28.4 Å². The maximum Gasteiger partial charge on any atom is 0.253 e. The summed E-state index contributed by atoms with van der Waals surface area (Å²) >= 11 is 0. The normalized spacial score (nSPS) is 10.9. The summed E-state index contributed by atoms with van der Waals surface area (Å²) in [5.41, 5.74) is 7.76. The minimum atomic E-state index is -0.189. The van der Waals surface area contributed by atoms with Crippen molar-refractivity contribution >= 4 is 5.91 Å². The number of amides is 1. The summed E-state index contributed by atoms with van der Waals surface area (Å²) in [5, 5.41) is 8.80. The van der Waals surface area contributed by atoms with Gasteiger partial charge in [-0.15, -0.1) is 0 Å². The number of nitriles is 1. The van der Waals surface area contributed by atoms with E-state index >= 15 is 0 Å². The van der Waals surface area contributed by atoms with Crippen molar-refractivity contribution in [2.24, 2.45) is 11.7 Å². The lowest BCUT2D eigenvalue weighted by molar-refractivity contribution is 0.0785. The van der Waals surface area contributed by atoms with E-state index in [2.05, 4.69) is 17.9 Å². The predicted octanol–water partition coefficient (Wildman–Crippen LogP) is 1.54. The minimum Gasteiger partial charge on any atom is -0.340 e. The number of carbonyl (C=O) groups is 1. The zero-order chi connectivity index (χ0) is 15.1. The number of hydrogen-bond donors (Lipinski definition) is 1. The molecule has 0 spiro atoms. The van der Waals surface area contributed by atoms with E-state index in [1.54, 1.807) is 31.0 Å². The Morgan fingerprint density at radius 1 is 1.50 bits per heavy atom. The summed E-state index contributed by atoms with van der Waals surface area (Å²) in [4.78, 5) is 13.8. The van der Waals surface area contributed by atoms with Gasteiger partial charge in [0, 0.05) is 24.7 Å². The van der Waals surface area contributed by atoms with Gasteiger partial charge in [-0.05, 0) is 31.5 Å². The lowest BCUT2D eigenvalue weighted by Gasteiger charge is -2.18. The molecule has 0 saturated carbocycles. The maximum absolute atomic E-state index is 12.3. The summed E-state index contributed by atoms with van der Waals surface area (Å²) in [6, 6.07) is 7.54. The largest absolute Gasteiger partial charge is 0.340 e. The van der Waals surface area contributed by atoms with Crippen LogP contribution in [0, 0.1) is 36.0 Å². The lowest BCUT2D eigenvalue weighted by atomic mass is 10.0. The second-order valence-electron chi connectivity index (χ2n) is 4.75. The van der Waals surface area contributed by atoms with E-state index in [9.17, 15) is 4.79 Å². The fraction of sp³-hybridized carbons (Fsp3) is 0.375. The summed E-state index contributed by atoms with van der Waals surface area (Å²) in [5.74, 6) is 5.46. The van der Waals surface area contributed by atoms with Gasteiger partial charge in [-0.25, -0.2) is 0 Å². The third-order valence-corrected chi connectivity index (χ3v) is 2.92. The number of benzene rings is 1. The van der Waals surface area contributed by atoms with Crippen molar-refractivity contribution in [2.45, 2.75) is 13.8 Å². The summed E-state index contributed by atoms with van der Waals surface area (Å²) < 4.78 is 0. The molecule has 1 atom stereocenters. The number of aryl methyl sites for hydroxylation is 1. The molecule has 0 aromatic heterocycles. The Labute approximate surface area is 120 Å². The third-order valence-electron chi connectivity index (χ3n) is 2.92. The number of nitrogens with zero attached hydrogens (tertiary/aromatic N) is 2. The number of hydrogen-bond acceptors (Lipinski definition) is 3. The first kappa shape index (κ1) is 15.8. The highest BCUT2D eigenvalue weighted by atomic mass is 16.2. The van der Waals surface area contributed by atoms with E-state index in [4.69, 9.17) is 11.0 Å². The number of nitrogens with two attached hydrogens (primary N) is 1. The van der Waals surface area contributed by atoms with Crippen LogP contribution in [0.25, 0.3) is 0 Å². The smallest absolute Gasteiger partial charge is 0.253 e. The first-order valence-corrected chi connectivity index (χ1v) is 6.44. The van der Waals surface area contributed by atoms with Crippen LogP contribution in [0.15, 0.2) is 18.2 Å². The third kappa shape index (κ3) is 4.12. The van der Waals surface area contributed by atoms with Crippen LogP contribution in [0.5, 0.6) is 0 Å². The predicted molar refractivity (Wildman–Crippen MR) is 78.8 cm³/mol. The number of rotatable bonds is 3. The van der Waals surface area contributed by atoms with Gasteiger partial charge in [0.05, 0.1) is 18.5 Å². The summed E-state index contributed by atoms with van der Waals surface area (Å²) in [6.07, 6.45) is 0. The fourth-order valence-corrected chi connectivity index (χ4v) is 1.79. The topological polar surface area (TPSA) is 70.1 Å². The first-order valence-electron chi connectivity index (χ1n) is 6.44. The van der Waals surface area contributed by atoms with Crippen molar-refractivity contribution < 1.29 is 4.79 Å². The highest BCUT2D eigenvalue weighted by Gasteiger charge is 2.14. The molecule has 0 radical (unpaired) electrons. The van der Waals surface area contributed by atoms with Crippen LogP contribution in [-0.4, -0.2) is 30.9 Å². The van der Waals surface area contributed by atoms with Crippen LogP contribution >= 0.6 is 0 Å². The average molecular weight is 269 g/mol. The Balaban J connectivity index is 2.97. The van der Waals surface area contributed by atoms with Crippen molar-refractivity contribution in [3.63, 3.8) is 0 Å². The Bertz CT molecular complexity index is 590. The zero-order valence-electron chi connectivity index (χ0n) is 12.1. The van der Waals surface area contributed by atoms with Crippen molar-refractivity contribution in [3.05, 3.63) is 34.9 Å². The van der Waals surface area contributed by atoms with Gasteiger partial charge >= 0.3 is 0 Å². The van der Waals surface area contributed by atoms with Crippen LogP contribution in [-0.2, 0) is 0 Å². The summed E-state index contributed by atoms with van der Waals surface area (Å²) in [7, 11) is 1.70. The molecule has 104 valence electrons. The SMILES string of the molecule is Cc1ccc(C(=O)N(C)CC(C)C#N)cc1C#CCN. The van der Waals surface area contributed by atoms with Crippen LogP contribution in [0.4, 0.5) is 0 Å². The Hall–Kier alpha value is -2.30. The Morgan fingerprint density at radius 3 is 2.80 bits per heavy atom. The van der Waals surface area contributed by atoms with Crippen molar-refractivity contribution in [1.82, 2.24) is 4.90 Å². The van der Waals surface area contributed by atoms with Gasteiger partial charge in [-0.2, -0.15) is 5.26 Å². The van der Waals surface area contributed by atoms with Gasteiger partial charge in [0.15, 0.2) is 0 Å². The highest BCUT2D eigenvalue weighted by Crippen LogP contribution is 2.12. The molecule has 0 saturated heterocycles. The molecule has 1 unspecified atom stereocenters. The molecule has 1 rings (SSSR count). The standard InChI is InChI=1S/C16H19N3O/c1-12(10-18)11-19(3)16(20)15-7-6-13(2)14(9-15)5-4-8-17/h6-7,9,12H,8,11,17H2,1-3H3. The second-order valence-corrected chi connectivity index (χ2v) is 4.75. The van der Waals surface area contributed by atoms with Crippen LogP contribution in [0.3, 0.4) is 0 Å². The fourth-order valence-electron chi connectivity index (χ4n) is 1.79. The van der Waals surface area contributed by atoms with E-state index in [0.29, 0.717) is 12.1 Å². The molecule has 0 fully saturated rings. The molecule has 1 aromatic rings. The molecule has 0 heterocycles. The first-order chi connectivity index (χ1) is 9.49. The number of carbonyl (C=O) groups excluding carboxylic acids is 1. The van der Waals surface area contributed by atoms with Gasteiger partial charge in [0.1, 0.15) is 0 Å². The molecule has 0 bridgehead atoms. The Morgan fingerprint density at radius 2 is 2.20 bits per heavy atom. The van der Waals surface area contributed by atoms with E-state index in [0.717, 1.165) is 11.1 Å². The molecule has 1 amide bonds. The molecule has 4 heteroatoms. The highest BCUT2D eigenvalue weighted by molar-refractivity contribution is 5.94. The molecular formula is C16H19N3O. The molecular weight excluding hydrogens is 250 g/mol. The van der Waals surface area contributed by atoms with Crippen molar-refractivity contribution in [1.29, 1.82) is 5.26 Å². The molecule has 0 aliphatic rings. The monoisotopic (exact) mass is 269 g/mol.